The Bertz CT molecular complexity index is 700. The van der Waals surface area contributed by atoms with Gasteiger partial charge in [0.15, 0.2) is 5.96 Å². The average Bonchev–Trinajstić information content (AvgIpc) is 2.77. The average molecular weight is 428 g/mol. The number of alkyl halides is 3. The molecule has 3 rings (SSSR count). The predicted molar refractivity (Wildman–Crippen MR) is 110 cm³/mol. The number of hydrogen-bond acceptors (Lipinski definition) is 4. The third kappa shape index (κ3) is 6.09. The zero-order chi connectivity index (χ0) is 21.5. The number of ether oxygens (including phenoxy) is 2. The number of guanidine groups is 1. The summed E-state index contributed by atoms with van der Waals surface area (Å²) in [6.45, 7) is 6.54. The quantitative estimate of drug-likeness (QED) is 0.538. The lowest BCUT2D eigenvalue weighted by molar-refractivity contribution is -0.137. The third-order valence-corrected chi connectivity index (χ3v) is 5.89. The molecule has 2 aliphatic rings. The van der Waals surface area contributed by atoms with Crippen molar-refractivity contribution in [1.29, 1.82) is 0 Å². The van der Waals surface area contributed by atoms with Crippen molar-refractivity contribution in [2.75, 3.05) is 66.2 Å². The normalized spacial score (nSPS) is 20.7. The van der Waals surface area contributed by atoms with E-state index in [-0.39, 0.29) is 0 Å². The molecule has 1 aromatic carbocycles. The summed E-state index contributed by atoms with van der Waals surface area (Å²) in [5, 5.41) is 6.64. The van der Waals surface area contributed by atoms with Crippen molar-refractivity contribution >= 4 is 5.96 Å². The number of aliphatic imine (C=N–C) groups is 1. The van der Waals surface area contributed by atoms with E-state index in [9.17, 15) is 13.2 Å². The van der Waals surface area contributed by atoms with E-state index in [0.29, 0.717) is 44.1 Å². The smallest absolute Gasteiger partial charge is 0.381 e. The fourth-order valence-electron chi connectivity index (χ4n) is 3.99. The molecular weight excluding hydrogens is 397 g/mol. The van der Waals surface area contributed by atoms with Crippen LogP contribution in [0, 0.1) is 0 Å². The van der Waals surface area contributed by atoms with Gasteiger partial charge in [-0.05, 0) is 24.5 Å². The van der Waals surface area contributed by atoms with Crippen LogP contribution < -0.4 is 10.6 Å². The molecule has 0 unspecified atom stereocenters. The lowest BCUT2D eigenvalue weighted by Crippen LogP contribution is -2.49. The fraction of sp³-hybridized carbons (Fsp3) is 0.667. The molecule has 0 amide bonds. The number of hydrogen-bond donors (Lipinski definition) is 2. The van der Waals surface area contributed by atoms with Gasteiger partial charge < -0.3 is 20.1 Å². The van der Waals surface area contributed by atoms with Crippen LogP contribution in [0.3, 0.4) is 0 Å². The first-order valence-electron chi connectivity index (χ1n) is 10.4. The van der Waals surface area contributed by atoms with E-state index < -0.39 is 17.2 Å². The highest BCUT2D eigenvalue weighted by Gasteiger charge is 2.37. The van der Waals surface area contributed by atoms with Crippen molar-refractivity contribution in [3.8, 4) is 0 Å². The van der Waals surface area contributed by atoms with Gasteiger partial charge in [-0.15, -0.1) is 0 Å². The van der Waals surface area contributed by atoms with Gasteiger partial charge in [-0.3, -0.25) is 9.89 Å². The molecule has 2 aliphatic heterocycles. The summed E-state index contributed by atoms with van der Waals surface area (Å²) in [7, 11) is 1.70. The Morgan fingerprint density at radius 1 is 1.10 bits per heavy atom. The molecular formula is C21H31F3N4O2. The molecule has 0 bridgehead atoms. The van der Waals surface area contributed by atoms with Gasteiger partial charge in [0.1, 0.15) is 0 Å². The Morgan fingerprint density at radius 3 is 2.47 bits per heavy atom. The van der Waals surface area contributed by atoms with E-state index in [1.165, 1.54) is 12.1 Å². The molecule has 2 heterocycles. The minimum Gasteiger partial charge on any atom is -0.381 e. The number of nitrogens with zero attached hydrogens (tertiary/aromatic N) is 2. The molecule has 2 fully saturated rings. The monoisotopic (exact) mass is 428 g/mol. The van der Waals surface area contributed by atoms with Gasteiger partial charge >= 0.3 is 6.18 Å². The molecule has 0 radical (unpaired) electrons. The number of halogens is 3. The van der Waals surface area contributed by atoms with Gasteiger partial charge in [0.2, 0.25) is 0 Å². The highest BCUT2D eigenvalue weighted by atomic mass is 19.4. The Morgan fingerprint density at radius 2 is 1.80 bits per heavy atom. The van der Waals surface area contributed by atoms with Gasteiger partial charge in [0, 0.05) is 58.4 Å². The maximum Gasteiger partial charge on any atom is 0.416 e. The first kappa shape index (κ1) is 22.8. The second-order valence-corrected chi connectivity index (χ2v) is 7.78. The van der Waals surface area contributed by atoms with Crippen molar-refractivity contribution in [2.24, 2.45) is 4.99 Å². The molecule has 30 heavy (non-hydrogen) atoms. The minimum atomic E-state index is -4.35. The first-order valence-corrected chi connectivity index (χ1v) is 10.4. The highest BCUT2D eigenvalue weighted by Crippen LogP contribution is 2.37. The zero-order valence-electron chi connectivity index (χ0n) is 17.4. The summed E-state index contributed by atoms with van der Waals surface area (Å²) in [4.78, 5) is 6.60. The molecule has 0 atom stereocenters. The maximum atomic E-state index is 13.2. The predicted octanol–water partition coefficient (Wildman–Crippen LogP) is 2.25. The maximum absolute atomic E-state index is 13.2. The van der Waals surface area contributed by atoms with Crippen LogP contribution in [0.2, 0.25) is 0 Å². The van der Waals surface area contributed by atoms with Gasteiger partial charge in [0.05, 0.1) is 18.8 Å². The molecule has 2 saturated heterocycles. The zero-order valence-corrected chi connectivity index (χ0v) is 17.4. The second-order valence-electron chi connectivity index (χ2n) is 7.78. The van der Waals surface area contributed by atoms with E-state index >= 15 is 0 Å². The van der Waals surface area contributed by atoms with Crippen LogP contribution in [-0.4, -0.2) is 77.1 Å². The summed E-state index contributed by atoms with van der Waals surface area (Å²) in [5.41, 5.74) is -0.350. The van der Waals surface area contributed by atoms with Crippen LogP contribution in [0.1, 0.15) is 24.0 Å². The van der Waals surface area contributed by atoms with Crippen LogP contribution in [0.25, 0.3) is 0 Å². The molecule has 0 spiro atoms. The molecule has 0 saturated carbocycles. The van der Waals surface area contributed by atoms with Crippen LogP contribution >= 0.6 is 0 Å². The molecule has 9 heteroatoms. The molecule has 0 aromatic heterocycles. The molecule has 6 nitrogen and oxygen atoms in total. The van der Waals surface area contributed by atoms with Crippen LogP contribution in [-0.2, 0) is 21.1 Å². The molecule has 2 N–H and O–H groups in total. The Balaban J connectivity index is 1.62. The van der Waals surface area contributed by atoms with Gasteiger partial charge in [-0.1, -0.05) is 18.2 Å². The van der Waals surface area contributed by atoms with Crippen LogP contribution in [0.4, 0.5) is 13.2 Å². The standard InChI is InChI=1S/C21H31F3N4O2/c1-25-19(26-7-8-28-9-13-30-14-10-28)27-16-20(5-11-29-12-6-20)17-3-2-4-18(15-17)21(22,23)24/h2-4,15H,5-14,16H2,1H3,(H2,25,26,27). The highest BCUT2D eigenvalue weighted by molar-refractivity contribution is 5.79. The van der Waals surface area contributed by atoms with Crippen molar-refractivity contribution in [3.63, 3.8) is 0 Å². The number of morpholine rings is 1. The third-order valence-electron chi connectivity index (χ3n) is 5.89. The van der Waals surface area contributed by atoms with Crippen LogP contribution in [0.5, 0.6) is 0 Å². The van der Waals surface area contributed by atoms with Crippen molar-refractivity contribution in [2.45, 2.75) is 24.4 Å². The molecule has 0 aliphatic carbocycles. The number of rotatable bonds is 6. The fourth-order valence-corrected chi connectivity index (χ4v) is 3.99. The Hall–Kier alpha value is -1.84. The van der Waals surface area contributed by atoms with E-state index in [4.69, 9.17) is 9.47 Å². The van der Waals surface area contributed by atoms with E-state index in [0.717, 1.165) is 45.5 Å². The Kier molecular flexibility index (Phi) is 7.96. The van der Waals surface area contributed by atoms with Crippen molar-refractivity contribution in [1.82, 2.24) is 15.5 Å². The van der Waals surface area contributed by atoms with Gasteiger partial charge in [-0.25, -0.2) is 0 Å². The lowest BCUT2D eigenvalue weighted by Gasteiger charge is -2.38. The van der Waals surface area contributed by atoms with Crippen molar-refractivity contribution < 1.29 is 22.6 Å². The van der Waals surface area contributed by atoms with E-state index in [1.807, 2.05) is 0 Å². The summed E-state index contributed by atoms with van der Waals surface area (Å²) in [6, 6.07) is 5.68. The summed E-state index contributed by atoms with van der Waals surface area (Å²) in [6.07, 6.45) is -3.04. The van der Waals surface area contributed by atoms with Crippen molar-refractivity contribution in [3.05, 3.63) is 35.4 Å². The first-order chi connectivity index (χ1) is 14.4. The van der Waals surface area contributed by atoms with E-state index in [2.05, 4.69) is 20.5 Å². The molecule has 168 valence electrons. The van der Waals surface area contributed by atoms with Gasteiger partial charge in [-0.2, -0.15) is 13.2 Å². The van der Waals surface area contributed by atoms with Crippen LogP contribution in [0.15, 0.2) is 29.3 Å². The SMILES string of the molecule is CN=C(NCCN1CCOCC1)NCC1(c2cccc(C(F)(F)F)c2)CCOCC1. The number of nitrogens with one attached hydrogen (secondary N) is 2. The topological polar surface area (TPSA) is 58.1 Å². The summed E-state index contributed by atoms with van der Waals surface area (Å²) < 4.78 is 50.6. The number of benzene rings is 1. The largest absolute Gasteiger partial charge is 0.416 e. The second kappa shape index (κ2) is 10.5. The van der Waals surface area contributed by atoms with Gasteiger partial charge in [0.25, 0.3) is 0 Å². The summed E-state index contributed by atoms with van der Waals surface area (Å²) >= 11 is 0. The van der Waals surface area contributed by atoms with E-state index in [1.54, 1.807) is 13.1 Å². The Labute approximate surface area is 175 Å². The minimum absolute atomic E-state index is 0.429. The lowest BCUT2D eigenvalue weighted by atomic mass is 9.73. The molecule has 1 aromatic rings. The summed E-state index contributed by atoms with van der Waals surface area (Å²) in [5.74, 6) is 0.654.